The first kappa shape index (κ1) is 21.6. The SMILES string of the molecule is CC(C)(C)c1ncc(/C=C/C(=O)NCc2cccc(-c3nc(-c4ccncc4)no3)c2)s1. The maximum Gasteiger partial charge on any atom is 0.258 e. The van der Waals surface area contributed by atoms with Gasteiger partial charge < -0.3 is 9.84 Å². The molecule has 8 heteroatoms. The Hall–Kier alpha value is -3.65. The van der Waals surface area contributed by atoms with Crippen molar-refractivity contribution in [2.24, 2.45) is 0 Å². The van der Waals surface area contributed by atoms with Gasteiger partial charge in [0.25, 0.3) is 5.89 Å². The molecule has 1 aromatic carbocycles. The summed E-state index contributed by atoms with van der Waals surface area (Å²) in [5.74, 6) is 0.757. The van der Waals surface area contributed by atoms with Crippen LogP contribution in [0.3, 0.4) is 0 Å². The number of amides is 1. The average molecular weight is 446 g/mol. The van der Waals surface area contributed by atoms with Crippen LogP contribution in [-0.4, -0.2) is 26.0 Å². The van der Waals surface area contributed by atoms with E-state index in [2.05, 4.69) is 46.2 Å². The topological polar surface area (TPSA) is 93.8 Å². The zero-order chi connectivity index (χ0) is 22.6. The molecule has 0 saturated heterocycles. The number of thiazole rings is 1. The molecule has 1 N–H and O–H groups in total. The van der Waals surface area contributed by atoms with Crippen molar-refractivity contribution in [3.63, 3.8) is 0 Å². The van der Waals surface area contributed by atoms with Crippen LogP contribution in [0, 0.1) is 0 Å². The van der Waals surface area contributed by atoms with Crippen molar-refractivity contribution < 1.29 is 9.32 Å². The molecule has 7 nitrogen and oxygen atoms in total. The maximum absolute atomic E-state index is 12.2. The first-order chi connectivity index (χ1) is 15.4. The molecule has 0 aliphatic rings. The Bertz CT molecular complexity index is 1240. The van der Waals surface area contributed by atoms with Gasteiger partial charge in [-0.05, 0) is 35.9 Å². The lowest BCUT2D eigenvalue weighted by molar-refractivity contribution is -0.116. The van der Waals surface area contributed by atoms with E-state index < -0.39 is 0 Å². The minimum absolute atomic E-state index is 0.00146. The summed E-state index contributed by atoms with van der Waals surface area (Å²) in [6.07, 6.45) is 8.48. The van der Waals surface area contributed by atoms with Crippen LogP contribution >= 0.6 is 11.3 Å². The van der Waals surface area contributed by atoms with Crippen LogP contribution in [0.1, 0.15) is 36.2 Å². The second-order valence-corrected chi connectivity index (χ2v) is 9.29. The summed E-state index contributed by atoms with van der Waals surface area (Å²) < 4.78 is 5.41. The van der Waals surface area contributed by atoms with Gasteiger partial charge in [-0.2, -0.15) is 4.98 Å². The van der Waals surface area contributed by atoms with E-state index in [1.54, 1.807) is 36.0 Å². The number of pyridine rings is 1. The quantitative estimate of drug-likeness (QED) is 0.425. The number of hydrogen-bond donors (Lipinski definition) is 1. The number of aromatic nitrogens is 4. The predicted octanol–water partition coefficient (Wildman–Crippen LogP) is 4.88. The standard InChI is InChI=1S/C24H23N5O2S/c1-24(2,3)23-27-15-19(32-23)7-8-20(30)26-14-16-5-4-6-18(13-16)22-28-21(29-31-22)17-9-11-25-12-10-17/h4-13,15H,14H2,1-3H3,(H,26,30)/b8-7+. The van der Waals surface area contributed by atoms with Crippen molar-refractivity contribution in [1.29, 1.82) is 0 Å². The largest absolute Gasteiger partial charge is 0.348 e. The normalized spacial score (nSPS) is 11.7. The number of nitrogens with one attached hydrogen (secondary N) is 1. The molecule has 0 unspecified atom stereocenters. The van der Waals surface area contributed by atoms with Gasteiger partial charge in [-0.3, -0.25) is 9.78 Å². The Morgan fingerprint density at radius 3 is 2.72 bits per heavy atom. The maximum atomic E-state index is 12.2. The summed E-state index contributed by atoms with van der Waals surface area (Å²) in [5, 5.41) is 7.98. The molecule has 0 saturated carbocycles. The summed E-state index contributed by atoms with van der Waals surface area (Å²) in [6.45, 7) is 6.75. The molecule has 1 amide bonds. The summed E-state index contributed by atoms with van der Waals surface area (Å²) in [5.41, 5.74) is 2.56. The molecular weight excluding hydrogens is 422 g/mol. The van der Waals surface area contributed by atoms with Crippen molar-refractivity contribution in [2.75, 3.05) is 0 Å². The van der Waals surface area contributed by atoms with Crippen LogP contribution in [0.5, 0.6) is 0 Å². The molecule has 0 atom stereocenters. The van der Waals surface area contributed by atoms with E-state index in [1.807, 2.05) is 36.4 Å². The molecule has 32 heavy (non-hydrogen) atoms. The minimum atomic E-state index is -0.168. The Balaban J connectivity index is 1.38. The van der Waals surface area contributed by atoms with Gasteiger partial charge in [0.1, 0.15) is 0 Å². The number of benzene rings is 1. The van der Waals surface area contributed by atoms with Crippen LogP contribution in [0.2, 0.25) is 0 Å². The summed E-state index contributed by atoms with van der Waals surface area (Å²) in [7, 11) is 0. The van der Waals surface area contributed by atoms with Gasteiger partial charge in [0.2, 0.25) is 11.7 Å². The van der Waals surface area contributed by atoms with Gasteiger partial charge in [-0.25, -0.2) is 4.98 Å². The fourth-order valence-corrected chi connectivity index (χ4v) is 3.77. The number of rotatable bonds is 6. The molecule has 0 aliphatic carbocycles. The fraction of sp³-hybridized carbons (Fsp3) is 0.208. The van der Waals surface area contributed by atoms with Gasteiger partial charge in [-0.15, -0.1) is 11.3 Å². The van der Waals surface area contributed by atoms with Crippen molar-refractivity contribution >= 4 is 23.3 Å². The highest BCUT2D eigenvalue weighted by molar-refractivity contribution is 7.12. The molecule has 162 valence electrons. The first-order valence-electron chi connectivity index (χ1n) is 10.1. The lowest BCUT2D eigenvalue weighted by Crippen LogP contribution is -2.20. The number of hydrogen-bond acceptors (Lipinski definition) is 7. The third kappa shape index (κ3) is 5.33. The van der Waals surface area contributed by atoms with Gasteiger partial charge in [-0.1, -0.05) is 38.1 Å². The van der Waals surface area contributed by atoms with E-state index in [9.17, 15) is 4.79 Å². The van der Waals surface area contributed by atoms with Crippen LogP contribution < -0.4 is 5.32 Å². The van der Waals surface area contributed by atoms with Gasteiger partial charge in [0.05, 0.1) is 5.01 Å². The van der Waals surface area contributed by atoms with E-state index in [0.29, 0.717) is 18.3 Å². The van der Waals surface area contributed by atoms with Crippen LogP contribution in [-0.2, 0) is 16.8 Å². The molecule has 0 bridgehead atoms. The van der Waals surface area contributed by atoms with E-state index in [0.717, 1.165) is 26.6 Å². The highest BCUT2D eigenvalue weighted by Crippen LogP contribution is 2.27. The molecule has 0 aliphatic heterocycles. The first-order valence-corrected chi connectivity index (χ1v) is 11.0. The smallest absolute Gasteiger partial charge is 0.258 e. The highest BCUT2D eigenvalue weighted by atomic mass is 32.1. The van der Waals surface area contributed by atoms with Gasteiger partial charge >= 0.3 is 0 Å². The van der Waals surface area contributed by atoms with Crippen molar-refractivity contribution in [3.05, 3.63) is 76.5 Å². The van der Waals surface area contributed by atoms with E-state index in [4.69, 9.17) is 4.52 Å². The second-order valence-electron chi connectivity index (χ2n) is 8.23. The van der Waals surface area contributed by atoms with Crippen LogP contribution in [0.15, 0.2) is 65.6 Å². The highest BCUT2D eigenvalue weighted by Gasteiger charge is 2.17. The van der Waals surface area contributed by atoms with Gasteiger partial charge in [0.15, 0.2) is 0 Å². The Morgan fingerprint density at radius 1 is 1.16 bits per heavy atom. The summed E-state index contributed by atoms with van der Waals surface area (Å²) in [6, 6.07) is 11.3. The molecule has 0 fully saturated rings. The molecule has 4 rings (SSSR count). The lowest BCUT2D eigenvalue weighted by atomic mass is 9.98. The Morgan fingerprint density at radius 2 is 1.97 bits per heavy atom. The minimum Gasteiger partial charge on any atom is -0.348 e. The van der Waals surface area contributed by atoms with Crippen molar-refractivity contribution in [3.8, 4) is 22.8 Å². The zero-order valence-electron chi connectivity index (χ0n) is 18.1. The second kappa shape index (κ2) is 9.23. The molecule has 4 aromatic rings. The Labute approximate surface area is 190 Å². The number of carbonyl (C=O) groups excluding carboxylic acids is 1. The van der Waals surface area contributed by atoms with Crippen LogP contribution in [0.25, 0.3) is 28.9 Å². The molecule has 3 aromatic heterocycles. The third-order valence-corrected chi connectivity index (χ3v) is 5.96. The van der Waals surface area contributed by atoms with Crippen molar-refractivity contribution in [2.45, 2.75) is 32.7 Å². The predicted molar refractivity (Wildman–Crippen MR) is 125 cm³/mol. The van der Waals surface area contributed by atoms with Gasteiger partial charge in [0, 0.05) is 52.6 Å². The summed E-state index contributed by atoms with van der Waals surface area (Å²) in [4.78, 5) is 26.1. The van der Waals surface area contributed by atoms with E-state index in [-0.39, 0.29) is 11.3 Å². The monoisotopic (exact) mass is 445 g/mol. The number of nitrogens with zero attached hydrogens (tertiary/aromatic N) is 4. The molecule has 3 heterocycles. The fourth-order valence-electron chi connectivity index (χ4n) is 2.89. The van der Waals surface area contributed by atoms with E-state index in [1.165, 1.54) is 6.08 Å². The number of carbonyl (C=O) groups is 1. The molecule has 0 spiro atoms. The molecule has 0 radical (unpaired) electrons. The third-order valence-electron chi connectivity index (χ3n) is 4.57. The Kier molecular flexibility index (Phi) is 6.23. The summed E-state index contributed by atoms with van der Waals surface area (Å²) >= 11 is 1.59. The zero-order valence-corrected chi connectivity index (χ0v) is 18.9. The van der Waals surface area contributed by atoms with Crippen LogP contribution in [0.4, 0.5) is 0 Å². The average Bonchev–Trinajstić information content (AvgIpc) is 3.47. The van der Waals surface area contributed by atoms with E-state index >= 15 is 0 Å². The van der Waals surface area contributed by atoms with Crippen molar-refractivity contribution in [1.82, 2.24) is 25.4 Å². The molecular formula is C24H23N5O2S. The lowest BCUT2D eigenvalue weighted by Gasteiger charge is -2.13.